The van der Waals surface area contributed by atoms with Crippen LogP contribution in [-0.2, 0) is 0 Å². The van der Waals surface area contributed by atoms with E-state index in [0.717, 1.165) is 27.4 Å². The Hall–Kier alpha value is -4.46. The van der Waals surface area contributed by atoms with E-state index in [4.69, 9.17) is 14.6 Å². The molecule has 0 spiro atoms. The summed E-state index contributed by atoms with van der Waals surface area (Å²) in [6.45, 7) is 0. The molecule has 0 aliphatic heterocycles. The number of non-ortho nitro benzene ring substituents is 1. The van der Waals surface area contributed by atoms with Crippen molar-refractivity contribution in [3.8, 4) is 28.4 Å². The second kappa shape index (κ2) is 7.66. The predicted octanol–water partition coefficient (Wildman–Crippen LogP) is 5.17. The first-order valence-corrected chi connectivity index (χ1v) is 9.84. The highest BCUT2D eigenvalue weighted by molar-refractivity contribution is 6.08. The molecule has 158 valence electrons. The molecule has 0 N–H and O–H groups in total. The first-order chi connectivity index (χ1) is 15.6. The SMILES string of the molecule is COc1ccc(-c2nn(-c3cccc([N+](=O)[O-])c3)c3c2cnc2ccccc23)cc1OC. The normalized spacial score (nSPS) is 11.1. The van der Waals surface area contributed by atoms with Crippen LogP contribution in [0.15, 0.2) is 72.9 Å². The number of hydrogen-bond acceptors (Lipinski definition) is 6. The van der Waals surface area contributed by atoms with Crippen LogP contribution in [0, 0.1) is 10.1 Å². The van der Waals surface area contributed by atoms with Gasteiger partial charge < -0.3 is 9.47 Å². The minimum atomic E-state index is -0.413. The van der Waals surface area contributed by atoms with Gasteiger partial charge in [0.25, 0.3) is 5.69 Å². The Balaban J connectivity index is 1.84. The van der Waals surface area contributed by atoms with Crippen LogP contribution in [-0.4, -0.2) is 33.9 Å². The number of nitro groups is 1. The minimum Gasteiger partial charge on any atom is -0.493 e. The van der Waals surface area contributed by atoms with Crippen LogP contribution in [0.4, 0.5) is 5.69 Å². The minimum absolute atomic E-state index is 0.00261. The molecule has 5 rings (SSSR count). The lowest BCUT2D eigenvalue weighted by Crippen LogP contribution is -1.99. The van der Waals surface area contributed by atoms with E-state index >= 15 is 0 Å². The topological polar surface area (TPSA) is 92.3 Å². The van der Waals surface area contributed by atoms with Crippen LogP contribution >= 0.6 is 0 Å². The van der Waals surface area contributed by atoms with Gasteiger partial charge in [0.1, 0.15) is 5.69 Å². The molecule has 0 unspecified atom stereocenters. The molecule has 8 heteroatoms. The maximum atomic E-state index is 11.4. The summed E-state index contributed by atoms with van der Waals surface area (Å²) in [5, 5.41) is 17.9. The summed E-state index contributed by atoms with van der Waals surface area (Å²) in [4.78, 5) is 15.6. The fourth-order valence-corrected chi connectivity index (χ4v) is 3.85. The van der Waals surface area contributed by atoms with E-state index < -0.39 is 4.92 Å². The Kier molecular flexibility index (Phi) is 4.67. The van der Waals surface area contributed by atoms with Crippen molar-refractivity contribution in [1.82, 2.24) is 14.8 Å². The van der Waals surface area contributed by atoms with Crippen molar-refractivity contribution in [2.75, 3.05) is 14.2 Å². The highest BCUT2D eigenvalue weighted by Crippen LogP contribution is 2.37. The zero-order chi connectivity index (χ0) is 22.2. The van der Waals surface area contributed by atoms with Crippen LogP contribution in [0.25, 0.3) is 38.8 Å². The van der Waals surface area contributed by atoms with Gasteiger partial charge in [-0.1, -0.05) is 24.3 Å². The average Bonchev–Trinajstić information content (AvgIpc) is 3.24. The fourth-order valence-electron chi connectivity index (χ4n) is 3.85. The van der Waals surface area contributed by atoms with Crippen molar-refractivity contribution in [1.29, 1.82) is 0 Å². The number of benzene rings is 3. The van der Waals surface area contributed by atoms with Crippen molar-refractivity contribution in [3.05, 3.63) is 83.0 Å². The summed E-state index contributed by atoms with van der Waals surface area (Å²) in [6, 6.07) is 19.8. The number of pyridine rings is 1. The van der Waals surface area contributed by atoms with Crippen LogP contribution < -0.4 is 9.47 Å². The van der Waals surface area contributed by atoms with E-state index in [1.54, 1.807) is 37.2 Å². The molecule has 0 saturated carbocycles. The number of nitro benzene ring substituents is 1. The Morgan fingerprint density at radius 3 is 2.50 bits per heavy atom. The van der Waals surface area contributed by atoms with Gasteiger partial charge in [0.15, 0.2) is 11.5 Å². The summed E-state index contributed by atoms with van der Waals surface area (Å²) in [5.74, 6) is 1.19. The third-order valence-electron chi connectivity index (χ3n) is 5.36. The first kappa shape index (κ1) is 19.5. The van der Waals surface area contributed by atoms with Crippen LogP contribution in [0.3, 0.4) is 0 Å². The largest absolute Gasteiger partial charge is 0.493 e. The molecule has 5 aromatic rings. The molecule has 0 bridgehead atoms. The molecule has 8 nitrogen and oxygen atoms in total. The molecule has 0 saturated heterocycles. The van der Waals surface area contributed by atoms with Crippen LogP contribution in [0.2, 0.25) is 0 Å². The summed E-state index contributed by atoms with van der Waals surface area (Å²) < 4.78 is 12.6. The van der Waals surface area contributed by atoms with E-state index in [0.29, 0.717) is 22.9 Å². The molecule has 0 fully saturated rings. The lowest BCUT2D eigenvalue weighted by atomic mass is 10.1. The molecule has 0 aliphatic carbocycles. The lowest BCUT2D eigenvalue weighted by molar-refractivity contribution is -0.384. The average molecular weight is 426 g/mol. The number of rotatable bonds is 5. The quantitative estimate of drug-likeness (QED) is 0.284. The van der Waals surface area contributed by atoms with Crippen molar-refractivity contribution >= 4 is 27.5 Å². The van der Waals surface area contributed by atoms with E-state index in [9.17, 15) is 10.1 Å². The maximum Gasteiger partial charge on any atom is 0.271 e. The predicted molar refractivity (Wildman–Crippen MR) is 122 cm³/mol. The van der Waals surface area contributed by atoms with E-state index in [1.165, 1.54) is 12.1 Å². The molecule has 3 aromatic carbocycles. The molecular weight excluding hydrogens is 408 g/mol. The number of nitrogens with zero attached hydrogens (tertiary/aromatic N) is 4. The third-order valence-corrected chi connectivity index (χ3v) is 5.36. The molecule has 2 heterocycles. The van der Waals surface area contributed by atoms with Gasteiger partial charge >= 0.3 is 0 Å². The van der Waals surface area contributed by atoms with E-state index in [-0.39, 0.29) is 5.69 Å². The van der Waals surface area contributed by atoms with Crippen LogP contribution in [0.5, 0.6) is 11.5 Å². The second-order valence-electron chi connectivity index (χ2n) is 7.14. The molecule has 0 aliphatic rings. The Morgan fingerprint density at radius 1 is 0.906 bits per heavy atom. The lowest BCUT2D eigenvalue weighted by Gasteiger charge is -2.08. The summed E-state index contributed by atoms with van der Waals surface area (Å²) in [7, 11) is 3.16. The molecule has 0 radical (unpaired) electrons. The zero-order valence-electron chi connectivity index (χ0n) is 17.4. The molecular formula is C24H18N4O4. The number of aromatic nitrogens is 3. The van der Waals surface area contributed by atoms with Gasteiger partial charge in [0, 0.05) is 34.7 Å². The van der Waals surface area contributed by atoms with Gasteiger partial charge in [-0.3, -0.25) is 15.1 Å². The Labute approximate surface area is 182 Å². The number of ether oxygens (including phenoxy) is 2. The second-order valence-corrected chi connectivity index (χ2v) is 7.14. The summed E-state index contributed by atoms with van der Waals surface area (Å²) in [6.07, 6.45) is 1.78. The smallest absolute Gasteiger partial charge is 0.271 e. The number of hydrogen-bond donors (Lipinski definition) is 0. The van der Waals surface area contributed by atoms with E-state index in [2.05, 4.69) is 4.98 Å². The highest BCUT2D eigenvalue weighted by Gasteiger charge is 2.19. The van der Waals surface area contributed by atoms with Crippen molar-refractivity contribution in [3.63, 3.8) is 0 Å². The summed E-state index contributed by atoms with van der Waals surface area (Å²) in [5.41, 5.74) is 3.72. The first-order valence-electron chi connectivity index (χ1n) is 9.84. The van der Waals surface area contributed by atoms with Gasteiger partial charge in [0.05, 0.1) is 35.9 Å². The van der Waals surface area contributed by atoms with Crippen molar-refractivity contribution < 1.29 is 14.4 Å². The monoisotopic (exact) mass is 426 g/mol. The number of para-hydroxylation sites is 1. The summed E-state index contributed by atoms with van der Waals surface area (Å²) >= 11 is 0. The standard InChI is InChI=1S/C24H18N4O4/c1-31-21-11-10-15(12-22(21)32-2)23-19-14-25-20-9-4-3-8-18(20)24(19)27(26-23)16-6-5-7-17(13-16)28(29)30/h3-14H,1-2H3. The maximum absolute atomic E-state index is 11.4. The Morgan fingerprint density at radius 2 is 1.72 bits per heavy atom. The molecule has 0 amide bonds. The van der Waals surface area contributed by atoms with Crippen molar-refractivity contribution in [2.24, 2.45) is 0 Å². The van der Waals surface area contributed by atoms with Gasteiger partial charge in [-0.15, -0.1) is 0 Å². The number of fused-ring (bicyclic) bond motifs is 3. The van der Waals surface area contributed by atoms with Gasteiger partial charge in [-0.2, -0.15) is 5.10 Å². The molecule has 2 aromatic heterocycles. The fraction of sp³-hybridized carbons (Fsp3) is 0.0833. The zero-order valence-corrected chi connectivity index (χ0v) is 17.4. The number of methoxy groups -OCH3 is 2. The molecule has 32 heavy (non-hydrogen) atoms. The molecule has 0 atom stereocenters. The van der Waals surface area contributed by atoms with E-state index in [1.807, 2.05) is 42.5 Å². The van der Waals surface area contributed by atoms with Gasteiger partial charge in [0.2, 0.25) is 0 Å². The van der Waals surface area contributed by atoms with Gasteiger partial charge in [-0.05, 0) is 30.3 Å². The third kappa shape index (κ3) is 3.09. The van der Waals surface area contributed by atoms with Gasteiger partial charge in [-0.25, -0.2) is 4.68 Å². The van der Waals surface area contributed by atoms with Crippen molar-refractivity contribution in [2.45, 2.75) is 0 Å². The highest BCUT2D eigenvalue weighted by atomic mass is 16.6. The Bertz CT molecular complexity index is 1490. The van der Waals surface area contributed by atoms with Crippen LogP contribution in [0.1, 0.15) is 0 Å².